The van der Waals surface area contributed by atoms with Crippen LogP contribution in [-0.4, -0.2) is 41.7 Å². The van der Waals surface area contributed by atoms with Crippen LogP contribution in [0.2, 0.25) is 0 Å². The number of nitrogens with zero attached hydrogens (tertiary/aromatic N) is 1. The maximum absolute atomic E-state index is 13.6. The molecule has 0 aromatic rings. The normalized spacial score (nSPS) is 15.5. The first-order valence-corrected chi connectivity index (χ1v) is 10.4. The van der Waals surface area contributed by atoms with E-state index >= 15 is 0 Å². The van der Waals surface area contributed by atoms with Crippen molar-refractivity contribution in [3.05, 3.63) is 0 Å². The number of carboxylic acid groups (broad SMARTS) is 1. The molecule has 0 aromatic carbocycles. The number of hydroxylamine groups is 2. The molecule has 150 valence electrons. The van der Waals surface area contributed by atoms with Gasteiger partial charge in [0, 0.05) is 5.54 Å². The molecule has 0 aliphatic heterocycles. The van der Waals surface area contributed by atoms with E-state index in [9.17, 15) is 14.5 Å². The van der Waals surface area contributed by atoms with Gasteiger partial charge >= 0.3 is 37.2 Å². The van der Waals surface area contributed by atoms with Gasteiger partial charge in [-0.15, -0.1) is 0 Å². The van der Waals surface area contributed by atoms with Gasteiger partial charge in [0.25, 0.3) is 0 Å². The van der Waals surface area contributed by atoms with Crippen molar-refractivity contribution in [1.82, 2.24) is 5.06 Å². The van der Waals surface area contributed by atoms with Gasteiger partial charge in [-0.25, -0.2) is 0 Å². The van der Waals surface area contributed by atoms with Gasteiger partial charge in [-0.2, -0.15) is 5.06 Å². The smallest absolute Gasteiger partial charge is 0.547 e. The van der Waals surface area contributed by atoms with Gasteiger partial charge in [-0.3, -0.25) is 9.40 Å². The molecular formula is C17H35NNaO6P. The summed E-state index contributed by atoms with van der Waals surface area (Å²) in [6.07, 6.45) is -0.930. The van der Waals surface area contributed by atoms with Crippen LogP contribution in [0.25, 0.3) is 0 Å². The third-order valence-corrected chi connectivity index (χ3v) is 6.27. The number of carbonyl (C=O) groups excluding carboxylic acids is 1. The number of rotatable bonds is 10. The molecule has 0 aromatic heterocycles. The van der Waals surface area contributed by atoms with Crippen molar-refractivity contribution in [2.24, 2.45) is 5.41 Å². The van der Waals surface area contributed by atoms with E-state index in [0.29, 0.717) is 0 Å². The molecule has 0 fully saturated rings. The average Bonchev–Trinajstić information content (AvgIpc) is 2.40. The number of hydrogen-bond acceptors (Lipinski definition) is 7. The van der Waals surface area contributed by atoms with Gasteiger partial charge in [0.1, 0.15) is 11.9 Å². The number of carboxylic acids is 1. The fourth-order valence-corrected chi connectivity index (χ4v) is 5.18. The Morgan fingerprint density at radius 2 is 1.46 bits per heavy atom. The molecule has 0 radical (unpaired) electrons. The molecule has 0 saturated heterocycles. The van der Waals surface area contributed by atoms with Crippen molar-refractivity contribution < 1.29 is 57.9 Å². The van der Waals surface area contributed by atoms with Crippen molar-refractivity contribution in [2.75, 3.05) is 13.2 Å². The number of carbonyl (C=O) groups is 1. The molecule has 0 spiro atoms. The van der Waals surface area contributed by atoms with E-state index in [2.05, 4.69) is 0 Å². The molecule has 0 saturated carbocycles. The molecule has 0 heterocycles. The van der Waals surface area contributed by atoms with Gasteiger partial charge < -0.3 is 18.9 Å². The van der Waals surface area contributed by atoms with Gasteiger partial charge in [0.15, 0.2) is 0 Å². The SMILES string of the molecule is CCOP(=O)(OCC)C(N(OC(CC)C(=O)[O-])C(C)(C)C)C(C)(C)C.[Na+]. The third kappa shape index (κ3) is 8.27. The van der Waals surface area contributed by atoms with Crippen molar-refractivity contribution in [1.29, 1.82) is 0 Å². The minimum atomic E-state index is -3.61. The molecule has 0 amide bonds. The third-order valence-electron chi connectivity index (χ3n) is 3.45. The monoisotopic (exact) mass is 403 g/mol. The Kier molecular flexibility index (Phi) is 12.7. The fraction of sp³-hybridized carbons (Fsp3) is 0.941. The molecule has 2 atom stereocenters. The zero-order valence-electron chi connectivity index (χ0n) is 18.1. The van der Waals surface area contributed by atoms with Crippen LogP contribution in [0.15, 0.2) is 0 Å². The second-order valence-electron chi connectivity index (χ2n) is 7.93. The molecule has 7 nitrogen and oxygen atoms in total. The van der Waals surface area contributed by atoms with Crippen molar-refractivity contribution >= 4 is 13.6 Å². The van der Waals surface area contributed by atoms with Crippen LogP contribution in [0, 0.1) is 5.41 Å². The number of hydrogen-bond donors (Lipinski definition) is 0. The molecule has 0 rings (SSSR count). The number of aliphatic carboxylic acids is 1. The predicted molar refractivity (Wildman–Crippen MR) is 95.9 cm³/mol. The van der Waals surface area contributed by atoms with E-state index in [0.717, 1.165) is 0 Å². The average molecular weight is 403 g/mol. The summed E-state index contributed by atoms with van der Waals surface area (Å²) in [4.78, 5) is 17.2. The Morgan fingerprint density at radius 1 is 1.04 bits per heavy atom. The maximum atomic E-state index is 13.6. The van der Waals surface area contributed by atoms with Crippen LogP contribution in [0.5, 0.6) is 0 Å². The Morgan fingerprint density at radius 3 is 1.69 bits per heavy atom. The molecular weight excluding hydrogens is 368 g/mol. The van der Waals surface area contributed by atoms with E-state index in [-0.39, 0.29) is 49.2 Å². The Hall–Kier alpha value is 0.540. The zero-order valence-corrected chi connectivity index (χ0v) is 21.0. The summed E-state index contributed by atoms with van der Waals surface area (Å²) >= 11 is 0. The van der Waals surface area contributed by atoms with Crippen LogP contribution < -0.4 is 34.7 Å². The minimum absolute atomic E-state index is 0. The van der Waals surface area contributed by atoms with Crippen LogP contribution >= 0.6 is 7.60 Å². The van der Waals surface area contributed by atoms with Gasteiger partial charge in [-0.1, -0.05) is 27.7 Å². The molecule has 2 unspecified atom stereocenters. The second-order valence-corrected chi connectivity index (χ2v) is 10.0. The van der Waals surface area contributed by atoms with E-state index in [1.54, 1.807) is 20.8 Å². The summed E-state index contributed by atoms with van der Waals surface area (Å²) < 4.78 is 24.7. The maximum Gasteiger partial charge on any atom is 1.00 e. The Bertz CT molecular complexity index is 465. The molecule has 9 heteroatoms. The van der Waals surface area contributed by atoms with Gasteiger partial charge in [0.2, 0.25) is 0 Å². The summed E-state index contributed by atoms with van der Waals surface area (Å²) in [7, 11) is -3.61. The molecule has 0 N–H and O–H groups in total. The van der Waals surface area contributed by atoms with Crippen molar-refractivity contribution in [3.63, 3.8) is 0 Å². The van der Waals surface area contributed by atoms with E-state index < -0.39 is 36.4 Å². The van der Waals surface area contributed by atoms with Crippen molar-refractivity contribution in [2.45, 2.75) is 86.2 Å². The Labute approximate surface area is 180 Å². The Balaban J connectivity index is 0. The fourth-order valence-electron chi connectivity index (χ4n) is 2.50. The topological polar surface area (TPSA) is 88.1 Å². The summed E-state index contributed by atoms with van der Waals surface area (Å²) in [5, 5.41) is 12.8. The van der Waals surface area contributed by atoms with Gasteiger partial charge in [-0.05, 0) is 46.5 Å². The summed E-state index contributed by atoms with van der Waals surface area (Å²) in [5.74, 6) is -2.11. The summed E-state index contributed by atoms with van der Waals surface area (Å²) in [5.41, 5.74) is -1.22. The molecule has 0 aliphatic rings. The first kappa shape index (κ1) is 28.7. The van der Waals surface area contributed by atoms with E-state index in [4.69, 9.17) is 13.9 Å². The zero-order chi connectivity index (χ0) is 20.1. The minimum Gasteiger partial charge on any atom is -0.547 e. The summed E-state index contributed by atoms with van der Waals surface area (Å²) in [6, 6.07) is 0. The van der Waals surface area contributed by atoms with Crippen molar-refractivity contribution in [3.8, 4) is 0 Å². The quantitative estimate of drug-likeness (QED) is 0.292. The van der Waals surface area contributed by atoms with Gasteiger partial charge in [0.05, 0.1) is 19.2 Å². The van der Waals surface area contributed by atoms with Crippen LogP contribution in [0.4, 0.5) is 0 Å². The molecule has 0 bridgehead atoms. The van der Waals surface area contributed by atoms with Crippen LogP contribution in [-0.2, 0) is 23.2 Å². The summed E-state index contributed by atoms with van der Waals surface area (Å²) in [6.45, 7) is 16.8. The van der Waals surface area contributed by atoms with Crippen LogP contribution in [0.3, 0.4) is 0 Å². The molecule has 0 aliphatic carbocycles. The standard InChI is InChI=1S/C17H36NO6P.Na/c1-10-13(14(19)20)24-18(17(7,8)9)15(16(4,5)6)25(21,22-11-2)23-12-3;/h13,15H,10-12H2,1-9H3,(H,19,20);/q;+1/p-1. The molecule has 26 heavy (non-hydrogen) atoms. The second kappa shape index (κ2) is 11.5. The van der Waals surface area contributed by atoms with Crippen LogP contribution in [0.1, 0.15) is 68.7 Å². The largest absolute Gasteiger partial charge is 1.00 e. The van der Waals surface area contributed by atoms with E-state index in [1.165, 1.54) is 5.06 Å². The van der Waals surface area contributed by atoms with E-state index in [1.807, 2.05) is 41.5 Å². The first-order valence-electron chi connectivity index (χ1n) is 8.80. The first-order chi connectivity index (χ1) is 11.2. The predicted octanol–water partition coefficient (Wildman–Crippen LogP) is 0.189.